The average Bonchev–Trinajstić information content (AvgIpc) is 2.64. The lowest BCUT2D eigenvalue weighted by molar-refractivity contribution is 0.397. The molecule has 0 aromatic heterocycles. The van der Waals surface area contributed by atoms with Gasteiger partial charge in [-0.15, -0.1) is 0 Å². The van der Waals surface area contributed by atoms with E-state index in [2.05, 4.69) is 45.9 Å². The molecule has 4 heteroatoms. The number of benzene rings is 2. The smallest absolute Gasteiger partial charge is 0.226 e. The molecular weight excluding hydrogens is 367 g/mol. The molecule has 0 bridgehead atoms. The summed E-state index contributed by atoms with van der Waals surface area (Å²) in [5.74, 6) is 0.955. The van der Waals surface area contributed by atoms with Crippen LogP contribution in [0.15, 0.2) is 36.4 Å². The Balaban J connectivity index is 2.44. The molecule has 2 rings (SSSR count). The summed E-state index contributed by atoms with van der Waals surface area (Å²) in [5, 5.41) is 11.0. The van der Waals surface area contributed by atoms with Gasteiger partial charge in [-0.05, 0) is 42.0 Å². The summed E-state index contributed by atoms with van der Waals surface area (Å²) in [5.41, 5.74) is 3.92. The number of phenols is 1. The van der Waals surface area contributed by atoms with Crippen molar-refractivity contribution in [1.82, 2.24) is 0 Å². The first-order chi connectivity index (χ1) is 13.3. The molecule has 0 aliphatic carbocycles. The van der Waals surface area contributed by atoms with E-state index in [9.17, 15) is 5.11 Å². The first-order valence-corrected chi connectivity index (χ1v) is 11.8. The molecule has 2 aromatic carbocycles. The summed E-state index contributed by atoms with van der Waals surface area (Å²) in [6.45, 7) is 10.7. The van der Waals surface area contributed by atoms with Crippen molar-refractivity contribution in [3.05, 3.63) is 47.5 Å². The minimum absolute atomic E-state index is 0.0297. The molecule has 3 nitrogen and oxygen atoms in total. The van der Waals surface area contributed by atoms with E-state index in [1.807, 2.05) is 24.9 Å². The zero-order valence-corrected chi connectivity index (χ0v) is 19.1. The minimum Gasteiger partial charge on any atom is -0.507 e. The van der Waals surface area contributed by atoms with Crippen molar-refractivity contribution in [1.29, 1.82) is 0 Å². The summed E-state index contributed by atoms with van der Waals surface area (Å²) < 4.78 is 11.5. The van der Waals surface area contributed by atoms with E-state index in [1.54, 1.807) is 7.11 Å². The molecule has 0 aliphatic rings. The summed E-state index contributed by atoms with van der Waals surface area (Å²) in [6, 6.07) is 12.1. The molecule has 28 heavy (non-hydrogen) atoms. The van der Waals surface area contributed by atoms with Crippen LogP contribution in [0.25, 0.3) is 11.1 Å². The quantitative estimate of drug-likeness (QED) is 0.329. The zero-order chi connectivity index (χ0) is 20.7. The Hall–Kier alpha value is -1.57. The van der Waals surface area contributed by atoms with E-state index in [0.717, 1.165) is 28.7 Å². The van der Waals surface area contributed by atoms with E-state index in [4.69, 9.17) is 9.05 Å². The minimum atomic E-state index is -1.06. The van der Waals surface area contributed by atoms with Crippen LogP contribution in [0.5, 0.6) is 11.5 Å². The average molecular weight is 403 g/mol. The van der Waals surface area contributed by atoms with Gasteiger partial charge in [0.2, 0.25) is 8.38 Å². The van der Waals surface area contributed by atoms with Gasteiger partial charge in [-0.3, -0.25) is 0 Å². The Morgan fingerprint density at radius 1 is 1.07 bits per heavy atom. The maximum absolute atomic E-state index is 11.0. The standard InChI is InChI=1S/C24H35O3P/c1-7-8-9-10-14-24(3,4)20-16-21(25)23(19-13-11-12-18(2)15-19)22(17-20)27-28(6)26-5/h11-13,15-17,25H,7-10,14H2,1-6H3. The highest BCUT2D eigenvalue weighted by molar-refractivity contribution is 7.46. The summed E-state index contributed by atoms with van der Waals surface area (Å²) in [7, 11) is 0.596. The molecule has 0 heterocycles. The maximum Gasteiger partial charge on any atom is 0.226 e. The van der Waals surface area contributed by atoms with Crippen LogP contribution < -0.4 is 4.52 Å². The molecule has 0 fully saturated rings. The van der Waals surface area contributed by atoms with Crippen LogP contribution in [0.4, 0.5) is 0 Å². The van der Waals surface area contributed by atoms with Gasteiger partial charge < -0.3 is 14.2 Å². The molecular formula is C24H35O3P. The first-order valence-electron chi connectivity index (χ1n) is 10.2. The van der Waals surface area contributed by atoms with Gasteiger partial charge in [0, 0.05) is 13.8 Å². The van der Waals surface area contributed by atoms with Gasteiger partial charge >= 0.3 is 0 Å². The van der Waals surface area contributed by atoms with E-state index in [0.29, 0.717) is 5.75 Å². The zero-order valence-electron chi connectivity index (χ0n) is 18.2. The lowest BCUT2D eigenvalue weighted by Gasteiger charge is -2.27. The van der Waals surface area contributed by atoms with E-state index in [-0.39, 0.29) is 11.2 Å². The monoisotopic (exact) mass is 402 g/mol. The van der Waals surface area contributed by atoms with Gasteiger partial charge in [0.15, 0.2) is 0 Å². The fourth-order valence-corrected chi connectivity index (χ4v) is 3.96. The predicted octanol–water partition coefficient (Wildman–Crippen LogP) is 7.58. The van der Waals surface area contributed by atoms with Crippen molar-refractivity contribution in [3.63, 3.8) is 0 Å². The van der Waals surface area contributed by atoms with Crippen molar-refractivity contribution in [3.8, 4) is 22.6 Å². The molecule has 2 aromatic rings. The Labute approximate surface area is 172 Å². The van der Waals surface area contributed by atoms with Gasteiger partial charge in [0.25, 0.3) is 0 Å². The van der Waals surface area contributed by atoms with Crippen LogP contribution in [0.3, 0.4) is 0 Å². The second-order valence-electron chi connectivity index (χ2n) is 8.15. The fourth-order valence-electron chi connectivity index (χ4n) is 3.47. The highest BCUT2D eigenvalue weighted by atomic mass is 31.2. The van der Waals surface area contributed by atoms with Gasteiger partial charge in [-0.25, -0.2) is 0 Å². The van der Waals surface area contributed by atoms with Crippen LogP contribution >= 0.6 is 8.38 Å². The summed E-state index contributed by atoms with van der Waals surface area (Å²) >= 11 is 0. The second-order valence-corrected chi connectivity index (χ2v) is 9.57. The Bertz CT molecular complexity index is 770. The Morgan fingerprint density at radius 3 is 2.46 bits per heavy atom. The number of aryl methyl sites for hydroxylation is 1. The van der Waals surface area contributed by atoms with Crippen LogP contribution in [-0.2, 0) is 9.94 Å². The summed E-state index contributed by atoms with van der Waals surface area (Å²) in [4.78, 5) is 0. The molecule has 0 amide bonds. The molecule has 0 saturated carbocycles. The molecule has 0 saturated heterocycles. The van der Waals surface area contributed by atoms with Crippen molar-refractivity contribution >= 4 is 8.38 Å². The maximum atomic E-state index is 11.0. The van der Waals surface area contributed by atoms with E-state index in [1.165, 1.54) is 25.7 Å². The third-order valence-electron chi connectivity index (χ3n) is 5.31. The second kappa shape index (κ2) is 10.3. The lowest BCUT2D eigenvalue weighted by Crippen LogP contribution is -2.17. The van der Waals surface area contributed by atoms with Crippen LogP contribution in [0.2, 0.25) is 0 Å². The van der Waals surface area contributed by atoms with Crippen molar-refractivity contribution in [2.75, 3.05) is 13.8 Å². The van der Waals surface area contributed by atoms with Gasteiger partial charge in [-0.2, -0.15) is 0 Å². The SMILES string of the molecule is CCCCCCC(C)(C)c1cc(O)c(-c2cccc(C)c2)c(OP(C)OC)c1. The van der Waals surface area contributed by atoms with E-state index >= 15 is 0 Å². The number of hydrogen-bond donors (Lipinski definition) is 1. The van der Waals surface area contributed by atoms with Gasteiger partial charge in [0.1, 0.15) is 11.5 Å². The van der Waals surface area contributed by atoms with Crippen LogP contribution in [-0.4, -0.2) is 18.9 Å². The highest BCUT2D eigenvalue weighted by Crippen LogP contribution is 2.47. The van der Waals surface area contributed by atoms with E-state index < -0.39 is 8.38 Å². The fraction of sp³-hybridized carbons (Fsp3) is 0.500. The number of hydrogen-bond acceptors (Lipinski definition) is 3. The van der Waals surface area contributed by atoms with Crippen LogP contribution in [0, 0.1) is 6.92 Å². The number of phenolic OH excluding ortho intramolecular Hbond substituents is 1. The van der Waals surface area contributed by atoms with Crippen molar-refractivity contribution in [2.45, 2.75) is 65.2 Å². The van der Waals surface area contributed by atoms with Gasteiger partial charge in [0.05, 0.1) is 5.56 Å². The predicted molar refractivity (Wildman–Crippen MR) is 121 cm³/mol. The largest absolute Gasteiger partial charge is 0.507 e. The third kappa shape index (κ3) is 5.96. The molecule has 0 spiro atoms. The summed E-state index contributed by atoms with van der Waals surface area (Å²) in [6.07, 6.45) is 6.04. The number of unbranched alkanes of at least 4 members (excludes halogenated alkanes) is 3. The molecule has 1 N–H and O–H groups in total. The molecule has 1 atom stereocenters. The normalized spacial score (nSPS) is 12.8. The molecule has 0 aliphatic heterocycles. The lowest BCUT2D eigenvalue weighted by atomic mass is 9.79. The van der Waals surface area contributed by atoms with Gasteiger partial charge in [-0.1, -0.05) is 76.3 Å². The topological polar surface area (TPSA) is 38.7 Å². The Kier molecular flexibility index (Phi) is 8.34. The van der Waals surface area contributed by atoms with Crippen molar-refractivity contribution < 1.29 is 14.2 Å². The van der Waals surface area contributed by atoms with Crippen LogP contribution in [0.1, 0.15) is 64.0 Å². The first kappa shape index (κ1) is 22.7. The molecule has 0 radical (unpaired) electrons. The third-order valence-corrected chi connectivity index (χ3v) is 6.28. The molecule has 1 unspecified atom stereocenters. The Morgan fingerprint density at radius 2 is 1.82 bits per heavy atom. The highest BCUT2D eigenvalue weighted by Gasteiger charge is 2.25. The number of rotatable bonds is 10. The molecule has 154 valence electrons. The number of aromatic hydroxyl groups is 1. The van der Waals surface area contributed by atoms with Crippen molar-refractivity contribution in [2.24, 2.45) is 0 Å².